The van der Waals surface area contributed by atoms with Gasteiger partial charge in [-0.05, 0) is 29.8 Å². The van der Waals surface area contributed by atoms with Gasteiger partial charge in [0.05, 0.1) is 10.5 Å². The summed E-state index contributed by atoms with van der Waals surface area (Å²) in [5, 5.41) is 18.6. The molecule has 0 spiro atoms. The number of nitro groups is 1. The number of hydrogen-bond donors (Lipinski definition) is 3. The Balaban J connectivity index is 1.70. The molecule has 2 amide bonds. The summed E-state index contributed by atoms with van der Waals surface area (Å²) in [4.78, 5) is 21.7. The highest BCUT2D eigenvalue weighted by Crippen LogP contribution is 2.29. The maximum absolute atomic E-state index is 12.6. The molecule has 7 nitrogen and oxygen atoms in total. The molecule has 0 aliphatic heterocycles. The van der Waals surface area contributed by atoms with E-state index >= 15 is 0 Å². The van der Waals surface area contributed by atoms with Gasteiger partial charge in [-0.25, -0.2) is 4.79 Å². The molecule has 27 heavy (non-hydrogen) atoms. The van der Waals surface area contributed by atoms with Crippen molar-refractivity contribution in [1.82, 2.24) is 10.6 Å². The van der Waals surface area contributed by atoms with E-state index < -0.39 is 22.7 Å². The van der Waals surface area contributed by atoms with Gasteiger partial charge in [0.15, 0.2) is 0 Å². The molecule has 2 aromatic rings. The third-order valence-electron chi connectivity index (χ3n) is 3.53. The Morgan fingerprint density at radius 1 is 1.04 bits per heavy atom. The molecule has 0 heterocycles. The van der Waals surface area contributed by atoms with Crippen molar-refractivity contribution in [2.45, 2.75) is 12.7 Å². The van der Waals surface area contributed by atoms with Crippen molar-refractivity contribution in [1.29, 1.82) is 0 Å². The second-order valence-electron chi connectivity index (χ2n) is 5.54. The number of carbonyl (C=O) groups is 1. The quantitative estimate of drug-likeness (QED) is 0.388. The van der Waals surface area contributed by atoms with E-state index in [1.807, 2.05) is 0 Å². The van der Waals surface area contributed by atoms with Crippen LogP contribution < -0.4 is 16.0 Å². The molecule has 0 unspecified atom stereocenters. The number of anilines is 1. The van der Waals surface area contributed by atoms with Crippen molar-refractivity contribution in [2.75, 3.05) is 18.4 Å². The van der Waals surface area contributed by atoms with Crippen LogP contribution in [0, 0.1) is 10.1 Å². The van der Waals surface area contributed by atoms with E-state index in [-0.39, 0.29) is 18.8 Å². The zero-order valence-corrected chi connectivity index (χ0v) is 14.0. The number of nitrogens with zero attached hydrogens (tertiary/aromatic N) is 1. The number of nitro benzene ring substituents is 1. The summed E-state index contributed by atoms with van der Waals surface area (Å²) < 4.78 is 37.9. The number of halogens is 3. The third-order valence-corrected chi connectivity index (χ3v) is 3.53. The van der Waals surface area contributed by atoms with Crippen LogP contribution in [0.4, 0.5) is 29.3 Å². The number of hydrogen-bond acceptors (Lipinski definition) is 4. The summed E-state index contributed by atoms with van der Waals surface area (Å²) in [6.45, 7) is 0.589. The number of non-ortho nitro benzene ring substituents is 1. The minimum absolute atomic E-state index is 0.0207. The summed E-state index contributed by atoms with van der Waals surface area (Å²) in [5.41, 5.74) is 0.206. The van der Waals surface area contributed by atoms with E-state index in [0.717, 1.165) is 12.1 Å². The van der Waals surface area contributed by atoms with Gasteiger partial charge in [-0.3, -0.25) is 10.1 Å². The van der Waals surface area contributed by atoms with Gasteiger partial charge in [0.2, 0.25) is 0 Å². The van der Waals surface area contributed by atoms with Gasteiger partial charge in [-0.2, -0.15) is 13.2 Å². The molecule has 0 bridgehead atoms. The largest absolute Gasteiger partial charge is 0.416 e. The van der Waals surface area contributed by atoms with E-state index in [9.17, 15) is 28.1 Å². The van der Waals surface area contributed by atoms with Gasteiger partial charge in [0.25, 0.3) is 5.69 Å². The molecule has 0 radical (unpaired) electrons. The maximum Gasteiger partial charge on any atom is 0.416 e. The first kappa shape index (κ1) is 20.0. The lowest BCUT2D eigenvalue weighted by atomic mass is 10.1. The molecule has 0 saturated heterocycles. The van der Waals surface area contributed by atoms with Crippen molar-refractivity contribution >= 4 is 17.4 Å². The van der Waals surface area contributed by atoms with Crippen LogP contribution in [0.15, 0.2) is 48.5 Å². The molecule has 0 fully saturated rings. The molecule has 2 aromatic carbocycles. The van der Waals surface area contributed by atoms with Crippen LogP contribution in [-0.4, -0.2) is 24.0 Å². The van der Waals surface area contributed by atoms with E-state index in [4.69, 9.17) is 0 Å². The lowest BCUT2D eigenvalue weighted by Gasteiger charge is -2.11. The fourth-order valence-electron chi connectivity index (χ4n) is 2.19. The second-order valence-corrected chi connectivity index (χ2v) is 5.54. The summed E-state index contributed by atoms with van der Waals surface area (Å²) in [5.74, 6) is 0. The Kier molecular flexibility index (Phi) is 6.58. The number of amides is 2. The molecule has 0 aliphatic rings. The fourth-order valence-corrected chi connectivity index (χ4v) is 2.19. The maximum atomic E-state index is 12.6. The van der Waals surface area contributed by atoms with Crippen molar-refractivity contribution in [3.8, 4) is 0 Å². The van der Waals surface area contributed by atoms with Gasteiger partial charge in [0.1, 0.15) is 0 Å². The molecular weight excluding hydrogens is 365 g/mol. The SMILES string of the molecule is O=C(NCCNc1ccc([N+](=O)[O-])cc1)NCc1cccc(C(F)(F)F)c1. The first-order valence-corrected chi connectivity index (χ1v) is 7.92. The van der Waals surface area contributed by atoms with Gasteiger partial charge < -0.3 is 16.0 Å². The first-order valence-electron chi connectivity index (χ1n) is 7.92. The van der Waals surface area contributed by atoms with Crippen molar-refractivity contribution in [3.05, 3.63) is 69.8 Å². The van der Waals surface area contributed by atoms with Crippen LogP contribution in [0.5, 0.6) is 0 Å². The number of benzene rings is 2. The molecule has 3 N–H and O–H groups in total. The topological polar surface area (TPSA) is 96.3 Å². The zero-order chi connectivity index (χ0) is 19.9. The van der Waals surface area contributed by atoms with Crippen molar-refractivity contribution < 1.29 is 22.9 Å². The highest BCUT2D eigenvalue weighted by atomic mass is 19.4. The van der Waals surface area contributed by atoms with Gasteiger partial charge in [-0.1, -0.05) is 12.1 Å². The van der Waals surface area contributed by atoms with E-state index in [1.54, 1.807) is 12.1 Å². The number of alkyl halides is 3. The molecule has 2 rings (SSSR count). The molecule has 0 aliphatic carbocycles. The van der Waals surface area contributed by atoms with Gasteiger partial charge in [0, 0.05) is 37.5 Å². The number of carbonyl (C=O) groups excluding carboxylic acids is 1. The van der Waals surface area contributed by atoms with Gasteiger partial charge in [-0.15, -0.1) is 0 Å². The van der Waals surface area contributed by atoms with Gasteiger partial charge >= 0.3 is 12.2 Å². The Labute approximate surface area is 152 Å². The van der Waals surface area contributed by atoms with Crippen LogP contribution in [-0.2, 0) is 12.7 Å². The minimum Gasteiger partial charge on any atom is -0.383 e. The van der Waals surface area contributed by atoms with Crippen LogP contribution in [0.3, 0.4) is 0 Å². The third kappa shape index (κ3) is 6.49. The number of nitrogens with one attached hydrogen (secondary N) is 3. The molecule has 144 valence electrons. The Bertz CT molecular complexity index is 795. The molecule has 0 atom stereocenters. The van der Waals surface area contributed by atoms with Crippen LogP contribution in [0.1, 0.15) is 11.1 Å². The zero-order valence-electron chi connectivity index (χ0n) is 14.0. The van der Waals surface area contributed by atoms with E-state index in [2.05, 4.69) is 16.0 Å². The highest BCUT2D eigenvalue weighted by Gasteiger charge is 2.30. The molecule has 10 heteroatoms. The monoisotopic (exact) mass is 382 g/mol. The number of urea groups is 1. The highest BCUT2D eigenvalue weighted by molar-refractivity contribution is 5.73. The fraction of sp³-hybridized carbons (Fsp3) is 0.235. The lowest BCUT2D eigenvalue weighted by Crippen LogP contribution is -2.37. The normalized spacial score (nSPS) is 10.9. The van der Waals surface area contributed by atoms with E-state index in [1.165, 1.54) is 24.3 Å². The smallest absolute Gasteiger partial charge is 0.383 e. The summed E-state index contributed by atoms with van der Waals surface area (Å²) >= 11 is 0. The predicted molar refractivity (Wildman–Crippen MR) is 93.3 cm³/mol. The van der Waals surface area contributed by atoms with Crippen LogP contribution >= 0.6 is 0 Å². The van der Waals surface area contributed by atoms with Crippen molar-refractivity contribution in [3.63, 3.8) is 0 Å². The molecule has 0 aromatic heterocycles. The average Bonchev–Trinajstić information content (AvgIpc) is 2.63. The van der Waals surface area contributed by atoms with E-state index in [0.29, 0.717) is 17.8 Å². The Morgan fingerprint density at radius 3 is 2.37 bits per heavy atom. The second kappa shape index (κ2) is 8.88. The summed E-state index contributed by atoms with van der Waals surface area (Å²) in [7, 11) is 0. The lowest BCUT2D eigenvalue weighted by molar-refractivity contribution is -0.384. The number of rotatable bonds is 7. The van der Waals surface area contributed by atoms with Crippen LogP contribution in [0.2, 0.25) is 0 Å². The summed E-state index contributed by atoms with van der Waals surface area (Å²) in [6, 6.07) is 10.0. The predicted octanol–water partition coefficient (Wildman–Crippen LogP) is 3.52. The first-order chi connectivity index (χ1) is 12.8. The standard InChI is InChI=1S/C17H17F3N4O3/c18-17(19,20)13-3-1-2-12(10-13)11-23-16(25)22-9-8-21-14-4-6-15(7-5-14)24(26)27/h1-7,10,21H,8-9,11H2,(H2,22,23,25). The van der Waals surface area contributed by atoms with Crippen LogP contribution in [0.25, 0.3) is 0 Å². The summed E-state index contributed by atoms with van der Waals surface area (Å²) in [6.07, 6.45) is -4.43. The molecule has 0 saturated carbocycles. The Hall–Kier alpha value is -3.30. The Morgan fingerprint density at radius 2 is 1.74 bits per heavy atom. The van der Waals surface area contributed by atoms with Crippen molar-refractivity contribution in [2.24, 2.45) is 0 Å². The average molecular weight is 382 g/mol. The molecular formula is C17H17F3N4O3. The minimum atomic E-state index is -4.43.